The minimum atomic E-state index is -0.628. The van der Waals surface area contributed by atoms with Crippen LogP contribution in [0, 0.1) is 23.2 Å². The standard InChI is InChI=1S/C15H22N2O/c1-14(2)15(3,18-13-7-9-16)8-6-12-17-10-4-5-11-17/h1,4-5,7,10-13H2,2-3H3. The molecule has 0 aromatic heterocycles. The average molecular weight is 246 g/mol. The van der Waals surface area contributed by atoms with E-state index < -0.39 is 5.60 Å². The number of hydrogen-bond acceptors (Lipinski definition) is 3. The van der Waals surface area contributed by atoms with Gasteiger partial charge in [-0.15, -0.1) is 0 Å². The summed E-state index contributed by atoms with van der Waals surface area (Å²) in [5.41, 5.74) is 0.255. The van der Waals surface area contributed by atoms with Gasteiger partial charge in [-0.2, -0.15) is 5.26 Å². The summed E-state index contributed by atoms with van der Waals surface area (Å²) in [5.74, 6) is 6.34. The van der Waals surface area contributed by atoms with Crippen LogP contribution in [0.15, 0.2) is 12.2 Å². The highest BCUT2D eigenvalue weighted by Gasteiger charge is 2.23. The number of nitrogens with zero attached hydrogens (tertiary/aromatic N) is 2. The zero-order valence-corrected chi connectivity index (χ0v) is 11.5. The summed E-state index contributed by atoms with van der Waals surface area (Å²) in [4.78, 5) is 2.35. The first-order valence-electron chi connectivity index (χ1n) is 6.48. The van der Waals surface area contributed by atoms with Crippen molar-refractivity contribution in [3.63, 3.8) is 0 Å². The summed E-state index contributed by atoms with van der Waals surface area (Å²) in [6, 6.07) is 2.07. The molecule has 0 bridgehead atoms. The van der Waals surface area contributed by atoms with Crippen LogP contribution < -0.4 is 0 Å². The summed E-state index contributed by atoms with van der Waals surface area (Å²) >= 11 is 0. The third-order valence-corrected chi connectivity index (χ3v) is 3.25. The molecule has 0 amide bonds. The quantitative estimate of drug-likeness (QED) is 0.424. The smallest absolute Gasteiger partial charge is 0.146 e. The van der Waals surface area contributed by atoms with Gasteiger partial charge < -0.3 is 4.74 Å². The van der Waals surface area contributed by atoms with E-state index in [-0.39, 0.29) is 0 Å². The molecular formula is C15H22N2O. The number of likely N-dealkylation sites (tertiary alicyclic amines) is 1. The van der Waals surface area contributed by atoms with E-state index in [0.29, 0.717) is 13.0 Å². The summed E-state index contributed by atoms with van der Waals surface area (Å²) in [5, 5.41) is 8.53. The lowest BCUT2D eigenvalue weighted by Gasteiger charge is -2.24. The van der Waals surface area contributed by atoms with Crippen LogP contribution in [0.4, 0.5) is 0 Å². The van der Waals surface area contributed by atoms with Crippen LogP contribution in [0.25, 0.3) is 0 Å². The lowest BCUT2D eigenvalue weighted by atomic mass is 9.99. The topological polar surface area (TPSA) is 36.3 Å². The Labute approximate surface area is 110 Å². The second kappa shape index (κ2) is 7.21. The summed E-state index contributed by atoms with van der Waals surface area (Å²) < 4.78 is 5.68. The minimum Gasteiger partial charge on any atom is -0.358 e. The minimum absolute atomic E-state index is 0.386. The molecule has 0 aromatic rings. The van der Waals surface area contributed by atoms with Crippen molar-refractivity contribution >= 4 is 0 Å². The molecule has 0 radical (unpaired) electrons. The zero-order valence-electron chi connectivity index (χ0n) is 11.5. The van der Waals surface area contributed by atoms with Crippen LogP contribution in [0.2, 0.25) is 0 Å². The van der Waals surface area contributed by atoms with E-state index in [4.69, 9.17) is 10.00 Å². The number of hydrogen-bond donors (Lipinski definition) is 0. The van der Waals surface area contributed by atoms with Gasteiger partial charge in [0.15, 0.2) is 0 Å². The van der Waals surface area contributed by atoms with Crippen LogP contribution in [0.5, 0.6) is 0 Å². The number of rotatable bonds is 5. The van der Waals surface area contributed by atoms with Crippen molar-refractivity contribution < 1.29 is 4.74 Å². The third kappa shape index (κ3) is 4.53. The van der Waals surface area contributed by atoms with E-state index in [2.05, 4.69) is 29.4 Å². The van der Waals surface area contributed by atoms with E-state index in [1.807, 2.05) is 13.8 Å². The highest BCUT2D eigenvalue weighted by Crippen LogP contribution is 2.18. The van der Waals surface area contributed by atoms with Gasteiger partial charge in [-0.05, 0) is 45.4 Å². The number of nitriles is 1. The lowest BCUT2D eigenvalue weighted by Crippen LogP contribution is -2.29. The molecule has 1 saturated heterocycles. The van der Waals surface area contributed by atoms with Crippen molar-refractivity contribution in [2.24, 2.45) is 0 Å². The van der Waals surface area contributed by atoms with Crippen LogP contribution >= 0.6 is 0 Å². The Balaban J connectivity index is 2.52. The molecule has 3 heteroatoms. The molecule has 0 saturated carbocycles. The maximum absolute atomic E-state index is 8.53. The highest BCUT2D eigenvalue weighted by atomic mass is 16.5. The molecule has 1 aliphatic heterocycles. The first-order chi connectivity index (χ1) is 8.58. The van der Waals surface area contributed by atoms with Crippen molar-refractivity contribution in [1.82, 2.24) is 4.90 Å². The maximum Gasteiger partial charge on any atom is 0.146 e. The third-order valence-electron chi connectivity index (χ3n) is 3.25. The molecule has 0 N–H and O–H groups in total. The summed E-state index contributed by atoms with van der Waals surface area (Å²) in [7, 11) is 0. The summed E-state index contributed by atoms with van der Waals surface area (Å²) in [6.45, 7) is 11.3. The fourth-order valence-corrected chi connectivity index (χ4v) is 1.83. The molecule has 0 aliphatic carbocycles. The van der Waals surface area contributed by atoms with Crippen molar-refractivity contribution in [1.29, 1.82) is 5.26 Å². The van der Waals surface area contributed by atoms with Gasteiger partial charge in [0, 0.05) is 0 Å². The van der Waals surface area contributed by atoms with Gasteiger partial charge in [0.1, 0.15) is 5.60 Å². The first-order valence-corrected chi connectivity index (χ1v) is 6.48. The Hall–Kier alpha value is -1.29. The molecule has 18 heavy (non-hydrogen) atoms. The SMILES string of the molecule is C=C(C)C(C)(C#CCN1CCCC1)OCCC#N. The van der Waals surface area contributed by atoms with E-state index in [1.54, 1.807) is 0 Å². The van der Waals surface area contributed by atoms with Crippen LogP contribution in [0.1, 0.15) is 33.1 Å². The van der Waals surface area contributed by atoms with E-state index in [0.717, 1.165) is 25.2 Å². The van der Waals surface area contributed by atoms with Crippen LogP contribution in [-0.4, -0.2) is 36.7 Å². The second-order valence-corrected chi connectivity index (χ2v) is 4.86. The van der Waals surface area contributed by atoms with Crippen molar-refractivity contribution in [3.05, 3.63) is 12.2 Å². The molecule has 1 heterocycles. The molecule has 1 aliphatic rings. The molecule has 3 nitrogen and oxygen atoms in total. The fourth-order valence-electron chi connectivity index (χ4n) is 1.83. The maximum atomic E-state index is 8.53. The highest BCUT2D eigenvalue weighted by molar-refractivity contribution is 5.27. The molecule has 1 rings (SSSR count). The predicted octanol–water partition coefficient (Wildman–Crippen LogP) is 2.35. The monoisotopic (exact) mass is 246 g/mol. The molecule has 1 atom stereocenters. The molecule has 0 aromatic carbocycles. The average Bonchev–Trinajstić information content (AvgIpc) is 2.82. The summed E-state index contributed by atoms with van der Waals surface area (Å²) in [6.07, 6.45) is 2.94. The Morgan fingerprint density at radius 2 is 2.11 bits per heavy atom. The van der Waals surface area contributed by atoms with Gasteiger partial charge in [-0.1, -0.05) is 18.4 Å². The molecular weight excluding hydrogens is 224 g/mol. The van der Waals surface area contributed by atoms with Gasteiger partial charge in [0.2, 0.25) is 0 Å². The Bertz CT molecular complexity index is 380. The van der Waals surface area contributed by atoms with Gasteiger partial charge in [0.05, 0.1) is 25.6 Å². The Morgan fingerprint density at radius 3 is 2.67 bits per heavy atom. The molecule has 1 fully saturated rings. The normalized spacial score (nSPS) is 18.5. The number of ether oxygens (including phenoxy) is 1. The second-order valence-electron chi connectivity index (χ2n) is 4.86. The Morgan fingerprint density at radius 1 is 1.44 bits per heavy atom. The largest absolute Gasteiger partial charge is 0.358 e. The first kappa shape index (κ1) is 14.8. The van der Waals surface area contributed by atoms with Gasteiger partial charge >= 0.3 is 0 Å². The van der Waals surface area contributed by atoms with Crippen LogP contribution in [-0.2, 0) is 4.74 Å². The van der Waals surface area contributed by atoms with E-state index in [1.165, 1.54) is 12.8 Å². The van der Waals surface area contributed by atoms with E-state index >= 15 is 0 Å². The lowest BCUT2D eigenvalue weighted by molar-refractivity contribution is 0.0439. The predicted molar refractivity (Wildman–Crippen MR) is 72.9 cm³/mol. The molecule has 98 valence electrons. The van der Waals surface area contributed by atoms with Crippen LogP contribution in [0.3, 0.4) is 0 Å². The van der Waals surface area contributed by atoms with Crippen molar-refractivity contribution in [3.8, 4) is 17.9 Å². The molecule has 1 unspecified atom stereocenters. The Kier molecular flexibility index (Phi) is 5.92. The molecule has 0 spiro atoms. The van der Waals surface area contributed by atoms with E-state index in [9.17, 15) is 0 Å². The van der Waals surface area contributed by atoms with Gasteiger partial charge in [-0.25, -0.2) is 0 Å². The van der Waals surface area contributed by atoms with Gasteiger partial charge in [-0.3, -0.25) is 4.90 Å². The fraction of sp³-hybridized carbons (Fsp3) is 0.667. The van der Waals surface area contributed by atoms with Crippen molar-refractivity contribution in [2.45, 2.75) is 38.7 Å². The zero-order chi connectivity index (χ0) is 13.4. The van der Waals surface area contributed by atoms with Crippen molar-refractivity contribution in [2.75, 3.05) is 26.2 Å². The van der Waals surface area contributed by atoms with Gasteiger partial charge in [0.25, 0.3) is 0 Å².